The summed E-state index contributed by atoms with van der Waals surface area (Å²) < 4.78 is 5.51. The molecule has 3 rings (SSSR count). The molecule has 1 aliphatic carbocycles. The predicted octanol–water partition coefficient (Wildman–Crippen LogP) is 3.94. The number of nitrogens with one attached hydrogen (secondary N) is 3. The van der Waals surface area contributed by atoms with Gasteiger partial charge in [-0.25, -0.2) is 4.79 Å². The SMILES string of the molecule is COC(=O)CCNC(=O)c1ccc(NC(=O)NC2(c3cccc(Br)c3)CCC2)cc1. The zero-order chi connectivity index (χ0) is 21.6. The number of halogens is 1. The topological polar surface area (TPSA) is 96.5 Å². The van der Waals surface area contributed by atoms with Gasteiger partial charge in [-0.15, -0.1) is 0 Å². The third-order valence-electron chi connectivity index (χ3n) is 5.18. The van der Waals surface area contributed by atoms with Gasteiger partial charge in [-0.1, -0.05) is 28.1 Å². The van der Waals surface area contributed by atoms with E-state index in [1.807, 2.05) is 24.3 Å². The fourth-order valence-corrected chi connectivity index (χ4v) is 3.77. The first-order chi connectivity index (χ1) is 14.4. The third kappa shape index (κ3) is 5.38. The van der Waals surface area contributed by atoms with Crippen molar-refractivity contribution in [1.29, 1.82) is 0 Å². The number of ether oxygens (including phenoxy) is 1. The normalized spacial score (nSPS) is 14.2. The lowest BCUT2D eigenvalue weighted by Crippen LogP contribution is -2.52. The minimum absolute atomic E-state index is 0.113. The molecule has 1 aliphatic rings. The highest BCUT2D eigenvalue weighted by molar-refractivity contribution is 9.10. The monoisotopic (exact) mass is 473 g/mol. The van der Waals surface area contributed by atoms with E-state index in [1.54, 1.807) is 24.3 Å². The average molecular weight is 474 g/mol. The van der Waals surface area contributed by atoms with Crippen LogP contribution >= 0.6 is 15.9 Å². The Morgan fingerprint density at radius 3 is 2.43 bits per heavy atom. The molecule has 3 amide bonds. The summed E-state index contributed by atoms with van der Waals surface area (Å²) in [5, 5.41) is 8.59. The number of methoxy groups -OCH3 is 1. The Hall–Kier alpha value is -2.87. The molecule has 0 unspecified atom stereocenters. The van der Waals surface area contributed by atoms with Crippen molar-refractivity contribution in [3.8, 4) is 0 Å². The van der Waals surface area contributed by atoms with Crippen LogP contribution in [0.3, 0.4) is 0 Å². The second-order valence-electron chi connectivity index (χ2n) is 7.18. The highest BCUT2D eigenvalue weighted by Gasteiger charge is 2.40. The van der Waals surface area contributed by atoms with Gasteiger partial charge < -0.3 is 20.7 Å². The highest BCUT2D eigenvalue weighted by atomic mass is 79.9. The minimum Gasteiger partial charge on any atom is -0.469 e. The second-order valence-corrected chi connectivity index (χ2v) is 8.10. The van der Waals surface area contributed by atoms with Crippen molar-refractivity contribution >= 4 is 39.5 Å². The molecule has 30 heavy (non-hydrogen) atoms. The van der Waals surface area contributed by atoms with Crippen molar-refractivity contribution in [3.05, 3.63) is 64.1 Å². The van der Waals surface area contributed by atoms with E-state index < -0.39 is 0 Å². The lowest BCUT2D eigenvalue weighted by Gasteiger charge is -2.43. The van der Waals surface area contributed by atoms with Gasteiger partial charge in [0.1, 0.15) is 0 Å². The van der Waals surface area contributed by atoms with E-state index in [-0.39, 0.29) is 36.4 Å². The molecule has 1 fully saturated rings. The number of rotatable bonds is 7. The van der Waals surface area contributed by atoms with Gasteiger partial charge in [-0.2, -0.15) is 0 Å². The van der Waals surface area contributed by atoms with Gasteiger partial charge in [0, 0.05) is 22.3 Å². The van der Waals surface area contributed by atoms with Gasteiger partial charge in [0.2, 0.25) is 0 Å². The molecular weight excluding hydrogens is 450 g/mol. The lowest BCUT2D eigenvalue weighted by molar-refractivity contribution is -0.140. The van der Waals surface area contributed by atoms with Crippen molar-refractivity contribution in [2.45, 2.75) is 31.2 Å². The molecule has 0 atom stereocenters. The summed E-state index contributed by atoms with van der Waals surface area (Å²) >= 11 is 3.49. The Bertz CT molecular complexity index is 926. The first-order valence-corrected chi connectivity index (χ1v) is 10.5. The van der Waals surface area contributed by atoms with Crippen LogP contribution in [0.25, 0.3) is 0 Å². The largest absolute Gasteiger partial charge is 0.469 e. The van der Waals surface area contributed by atoms with E-state index in [2.05, 4.69) is 36.6 Å². The van der Waals surface area contributed by atoms with Crippen molar-refractivity contribution in [1.82, 2.24) is 10.6 Å². The number of anilines is 1. The van der Waals surface area contributed by atoms with Crippen molar-refractivity contribution in [3.63, 3.8) is 0 Å². The summed E-state index contributed by atoms with van der Waals surface area (Å²) in [7, 11) is 1.30. The maximum absolute atomic E-state index is 12.6. The molecule has 158 valence electrons. The smallest absolute Gasteiger partial charge is 0.319 e. The molecule has 0 saturated heterocycles. The number of esters is 1. The number of urea groups is 1. The third-order valence-corrected chi connectivity index (χ3v) is 5.68. The first kappa shape index (κ1) is 21.8. The Balaban J connectivity index is 1.55. The van der Waals surface area contributed by atoms with E-state index in [0.717, 1.165) is 29.3 Å². The van der Waals surface area contributed by atoms with Gasteiger partial charge in [-0.3, -0.25) is 9.59 Å². The number of carbonyl (C=O) groups excluding carboxylic acids is 3. The van der Waals surface area contributed by atoms with Crippen LogP contribution in [0, 0.1) is 0 Å². The molecule has 0 heterocycles. The summed E-state index contributed by atoms with van der Waals surface area (Å²) in [6.45, 7) is 0.200. The summed E-state index contributed by atoms with van der Waals surface area (Å²) in [5.74, 6) is -0.675. The molecule has 8 heteroatoms. The Morgan fingerprint density at radius 2 is 1.83 bits per heavy atom. The fourth-order valence-electron chi connectivity index (χ4n) is 3.37. The van der Waals surface area contributed by atoms with Crippen LogP contribution in [0.4, 0.5) is 10.5 Å². The van der Waals surface area contributed by atoms with Crippen LogP contribution in [-0.2, 0) is 15.1 Å². The zero-order valence-corrected chi connectivity index (χ0v) is 18.3. The molecule has 2 aromatic rings. The number of benzene rings is 2. The van der Waals surface area contributed by atoms with Gasteiger partial charge in [0.05, 0.1) is 19.1 Å². The standard InChI is InChI=1S/C22H24BrN3O4/c1-30-19(27)10-13-24-20(28)15-6-8-18(9-7-15)25-21(29)26-22(11-3-12-22)16-4-2-5-17(23)14-16/h2,4-9,14H,3,10-13H2,1H3,(H,24,28)(H2,25,26,29). The van der Waals surface area contributed by atoms with Crippen molar-refractivity contribution in [2.24, 2.45) is 0 Å². The molecule has 7 nitrogen and oxygen atoms in total. The summed E-state index contributed by atoms with van der Waals surface area (Å²) in [6, 6.07) is 14.3. The van der Waals surface area contributed by atoms with Crippen LogP contribution in [0.1, 0.15) is 41.6 Å². The number of hydrogen-bond acceptors (Lipinski definition) is 4. The molecule has 2 aromatic carbocycles. The Labute approximate surface area is 183 Å². The molecule has 0 bridgehead atoms. The van der Waals surface area contributed by atoms with Crippen molar-refractivity contribution in [2.75, 3.05) is 19.0 Å². The van der Waals surface area contributed by atoms with E-state index >= 15 is 0 Å². The molecule has 1 saturated carbocycles. The number of carbonyl (C=O) groups is 3. The van der Waals surface area contributed by atoms with Gasteiger partial charge in [-0.05, 0) is 61.2 Å². The van der Waals surface area contributed by atoms with E-state index in [1.165, 1.54) is 7.11 Å². The van der Waals surface area contributed by atoms with Crippen LogP contribution < -0.4 is 16.0 Å². The lowest BCUT2D eigenvalue weighted by atomic mass is 9.72. The van der Waals surface area contributed by atoms with Gasteiger partial charge in [0.25, 0.3) is 5.91 Å². The van der Waals surface area contributed by atoms with Crippen molar-refractivity contribution < 1.29 is 19.1 Å². The van der Waals surface area contributed by atoms with E-state index in [4.69, 9.17) is 0 Å². The maximum Gasteiger partial charge on any atom is 0.319 e. The molecule has 0 aliphatic heterocycles. The first-order valence-electron chi connectivity index (χ1n) is 9.72. The highest BCUT2D eigenvalue weighted by Crippen LogP contribution is 2.41. The molecular formula is C22H24BrN3O4. The maximum atomic E-state index is 12.6. The molecule has 0 radical (unpaired) electrons. The van der Waals surface area contributed by atoms with Crippen LogP contribution in [0.2, 0.25) is 0 Å². The summed E-state index contributed by atoms with van der Waals surface area (Å²) in [5.41, 5.74) is 1.75. The van der Waals surface area contributed by atoms with Gasteiger partial charge in [0.15, 0.2) is 0 Å². The van der Waals surface area contributed by atoms with Crippen LogP contribution in [0.5, 0.6) is 0 Å². The molecule has 0 spiro atoms. The van der Waals surface area contributed by atoms with Gasteiger partial charge >= 0.3 is 12.0 Å². The number of hydrogen-bond donors (Lipinski definition) is 3. The average Bonchev–Trinajstić information content (AvgIpc) is 2.71. The molecule has 0 aromatic heterocycles. The number of amides is 3. The Kier molecular flexibility index (Phi) is 7.10. The van der Waals surface area contributed by atoms with E-state index in [0.29, 0.717) is 11.3 Å². The fraction of sp³-hybridized carbons (Fsp3) is 0.318. The summed E-state index contributed by atoms with van der Waals surface area (Å²) in [6.07, 6.45) is 2.96. The minimum atomic E-state index is -0.382. The second kappa shape index (κ2) is 9.75. The Morgan fingerprint density at radius 1 is 1.10 bits per heavy atom. The van der Waals surface area contributed by atoms with Crippen LogP contribution in [0.15, 0.2) is 53.0 Å². The zero-order valence-electron chi connectivity index (χ0n) is 16.7. The predicted molar refractivity (Wildman–Crippen MR) is 117 cm³/mol. The quantitative estimate of drug-likeness (QED) is 0.530. The van der Waals surface area contributed by atoms with E-state index in [9.17, 15) is 14.4 Å². The summed E-state index contributed by atoms with van der Waals surface area (Å²) in [4.78, 5) is 35.8. The molecule has 3 N–H and O–H groups in total. The van der Waals surface area contributed by atoms with Crippen LogP contribution in [-0.4, -0.2) is 31.6 Å².